The predicted octanol–water partition coefficient (Wildman–Crippen LogP) is 10.9. The molecule has 0 spiro atoms. The molecule has 47 heavy (non-hydrogen) atoms. The van der Waals surface area contributed by atoms with Crippen LogP contribution in [0.2, 0.25) is 0 Å². The Morgan fingerprint density at radius 1 is 0.596 bits per heavy atom. The highest BCUT2D eigenvalue weighted by Gasteiger charge is 2.11. The summed E-state index contributed by atoms with van der Waals surface area (Å²) in [5, 5.41) is 5.84. The minimum Gasteiger partial charge on any atom is -0.383 e. The Balaban J connectivity index is 1.11. The zero-order valence-electron chi connectivity index (χ0n) is 25.7. The summed E-state index contributed by atoms with van der Waals surface area (Å²) in [7, 11) is 0. The van der Waals surface area contributed by atoms with Gasteiger partial charge in [0.05, 0.1) is 15.9 Å². The predicted molar refractivity (Wildman–Crippen MR) is 201 cm³/mol. The number of thiazole rings is 1. The summed E-state index contributed by atoms with van der Waals surface area (Å²) in [6.45, 7) is 0. The molecule has 0 aliphatic heterocycles. The lowest BCUT2D eigenvalue weighted by Crippen LogP contribution is -2.13. The molecule has 224 valence electrons. The van der Waals surface area contributed by atoms with Gasteiger partial charge in [-0.05, 0) is 63.0 Å². The molecule has 1 heterocycles. The molecule has 0 saturated heterocycles. The average Bonchev–Trinajstić information content (AvgIpc) is 3.59. The van der Waals surface area contributed by atoms with Crippen molar-refractivity contribution in [2.45, 2.75) is 6.42 Å². The van der Waals surface area contributed by atoms with E-state index in [1.54, 1.807) is 11.3 Å². The monoisotopic (exact) mass is 621 g/mol. The lowest BCUT2D eigenvalue weighted by molar-refractivity contribution is 1.27. The summed E-state index contributed by atoms with van der Waals surface area (Å²) < 4.78 is 1.19. The van der Waals surface area contributed by atoms with Gasteiger partial charge >= 0.3 is 0 Å². The fourth-order valence-electron chi connectivity index (χ4n) is 6.07. The first kappa shape index (κ1) is 28.6. The van der Waals surface area contributed by atoms with Crippen LogP contribution in [0.25, 0.3) is 59.2 Å². The molecule has 0 atom stereocenters. The smallest absolute Gasteiger partial charge is 0.131 e. The van der Waals surface area contributed by atoms with Crippen LogP contribution in [0.3, 0.4) is 0 Å². The maximum atomic E-state index is 6.73. The Morgan fingerprint density at radius 2 is 1.30 bits per heavy atom. The van der Waals surface area contributed by atoms with Crippen LogP contribution in [0, 0.1) is 0 Å². The van der Waals surface area contributed by atoms with Gasteiger partial charge in [0.25, 0.3) is 0 Å². The van der Waals surface area contributed by atoms with Crippen molar-refractivity contribution in [1.82, 2.24) is 4.98 Å². The molecule has 8 aromatic rings. The molecule has 0 amide bonds. The summed E-state index contributed by atoms with van der Waals surface area (Å²) in [4.78, 5) is 10.0. The minimum atomic E-state index is 0.485. The summed E-state index contributed by atoms with van der Waals surface area (Å²) in [5.41, 5.74) is 15.1. The van der Waals surface area contributed by atoms with Gasteiger partial charge in [0.15, 0.2) is 0 Å². The number of aliphatic imine (C=N–C) groups is 1. The number of hydrogen-bond donors (Lipinski definition) is 1. The highest BCUT2D eigenvalue weighted by molar-refractivity contribution is 7.21. The van der Waals surface area contributed by atoms with E-state index in [4.69, 9.17) is 15.7 Å². The third-order valence-corrected chi connectivity index (χ3v) is 9.61. The first-order valence-corrected chi connectivity index (χ1v) is 16.6. The third-order valence-electron chi connectivity index (χ3n) is 8.54. The fraction of sp³-hybridized carbons (Fsp3) is 0.0233. The van der Waals surface area contributed by atoms with Crippen LogP contribution < -0.4 is 5.73 Å². The fourth-order valence-corrected chi connectivity index (χ4v) is 7.06. The molecule has 4 heteroatoms. The van der Waals surface area contributed by atoms with E-state index in [2.05, 4.69) is 127 Å². The maximum Gasteiger partial charge on any atom is 0.131 e. The minimum absolute atomic E-state index is 0.485. The Hall–Kier alpha value is -5.84. The van der Waals surface area contributed by atoms with Gasteiger partial charge in [0.2, 0.25) is 0 Å². The molecular formula is C43H31N3S. The lowest BCUT2D eigenvalue weighted by atomic mass is 9.99. The molecule has 0 aliphatic rings. The lowest BCUT2D eigenvalue weighted by Gasteiger charge is -2.09. The molecule has 0 fully saturated rings. The van der Waals surface area contributed by atoms with Crippen LogP contribution in [0.5, 0.6) is 0 Å². The molecule has 0 saturated carbocycles. The standard InChI is InChI=1S/C43H31N3S/c44-42(45-39(31-11-3-1-4-12-31)24-19-29-18-20-30-10-7-8-15-33(30)26-29)37-17-9-16-34(28-37)35-21-23-38-36(27-35)22-25-40-41(38)46-43(47-40)32-13-5-2-6-14-32/h1-18,20-28H,19H2,(H2,44,45)/b39-24-. The van der Waals surface area contributed by atoms with E-state index < -0.39 is 0 Å². The number of benzene rings is 7. The number of nitrogens with zero attached hydrogens (tertiary/aromatic N) is 2. The van der Waals surface area contributed by atoms with Crippen molar-refractivity contribution in [3.05, 3.63) is 180 Å². The van der Waals surface area contributed by atoms with E-state index in [0.717, 1.165) is 61.2 Å². The SMILES string of the molecule is N/C(=N\C(=C/Cc1ccc2ccccc2c1)c1ccccc1)c1cccc(-c2ccc3c(ccc4sc(-c5ccccc5)nc43)c2)c1. The quantitative estimate of drug-likeness (QED) is 0.142. The number of allylic oxidation sites excluding steroid dienone is 1. The summed E-state index contributed by atoms with van der Waals surface area (Å²) in [6, 6.07) is 55.0. The molecule has 7 aromatic carbocycles. The van der Waals surface area contributed by atoms with Gasteiger partial charge in [-0.25, -0.2) is 9.98 Å². The topological polar surface area (TPSA) is 51.3 Å². The van der Waals surface area contributed by atoms with Crippen molar-refractivity contribution < 1.29 is 0 Å². The Bertz CT molecular complexity index is 2440. The second kappa shape index (κ2) is 12.5. The number of aromatic nitrogens is 1. The molecule has 1 aromatic heterocycles. The first-order valence-electron chi connectivity index (χ1n) is 15.7. The van der Waals surface area contributed by atoms with E-state index in [1.165, 1.54) is 21.0 Å². The van der Waals surface area contributed by atoms with Gasteiger partial charge in [0, 0.05) is 16.5 Å². The zero-order valence-corrected chi connectivity index (χ0v) is 26.5. The normalized spacial score (nSPS) is 12.3. The highest BCUT2D eigenvalue weighted by atomic mass is 32.1. The van der Waals surface area contributed by atoms with Crippen LogP contribution >= 0.6 is 11.3 Å². The van der Waals surface area contributed by atoms with Crippen LogP contribution in [0.1, 0.15) is 16.7 Å². The third kappa shape index (κ3) is 5.95. The molecule has 8 rings (SSSR count). The van der Waals surface area contributed by atoms with E-state index in [0.29, 0.717) is 5.84 Å². The van der Waals surface area contributed by atoms with Crippen molar-refractivity contribution in [3.8, 4) is 21.7 Å². The second-order valence-electron chi connectivity index (χ2n) is 11.7. The summed E-state index contributed by atoms with van der Waals surface area (Å²) >= 11 is 1.73. The van der Waals surface area contributed by atoms with Gasteiger partial charge in [-0.1, -0.05) is 146 Å². The van der Waals surface area contributed by atoms with Crippen molar-refractivity contribution >= 4 is 54.6 Å². The number of fused-ring (bicyclic) bond motifs is 4. The van der Waals surface area contributed by atoms with Crippen molar-refractivity contribution in [1.29, 1.82) is 0 Å². The van der Waals surface area contributed by atoms with Gasteiger partial charge in [-0.3, -0.25) is 0 Å². The van der Waals surface area contributed by atoms with Crippen molar-refractivity contribution in [2.75, 3.05) is 0 Å². The van der Waals surface area contributed by atoms with Crippen molar-refractivity contribution in [3.63, 3.8) is 0 Å². The Kier molecular flexibility index (Phi) is 7.62. The summed E-state index contributed by atoms with van der Waals surface area (Å²) in [5.74, 6) is 0.485. The van der Waals surface area contributed by atoms with Crippen LogP contribution in [-0.2, 0) is 6.42 Å². The second-order valence-corrected chi connectivity index (χ2v) is 12.7. The maximum absolute atomic E-state index is 6.73. The molecule has 0 bridgehead atoms. The zero-order chi connectivity index (χ0) is 31.6. The Labute approximate surface area is 278 Å². The highest BCUT2D eigenvalue weighted by Crippen LogP contribution is 2.36. The van der Waals surface area contributed by atoms with Crippen LogP contribution in [-0.4, -0.2) is 10.8 Å². The van der Waals surface area contributed by atoms with Gasteiger partial charge in [-0.15, -0.1) is 11.3 Å². The molecule has 0 aliphatic carbocycles. The van der Waals surface area contributed by atoms with Gasteiger partial charge in [0.1, 0.15) is 10.8 Å². The molecule has 0 unspecified atom stereocenters. The first-order chi connectivity index (χ1) is 23.2. The van der Waals surface area contributed by atoms with Gasteiger partial charge < -0.3 is 5.73 Å². The van der Waals surface area contributed by atoms with E-state index >= 15 is 0 Å². The number of rotatable bonds is 7. The number of nitrogens with two attached hydrogens (primary N) is 1. The van der Waals surface area contributed by atoms with Crippen LogP contribution in [0.15, 0.2) is 169 Å². The van der Waals surface area contributed by atoms with E-state index in [-0.39, 0.29) is 0 Å². The van der Waals surface area contributed by atoms with E-state index in [9.17, 15) is 0 Å². The number of amidine groups is 1. The molecule has 0 radical (unpaired) electrons. The molecular weight excluding hydrogens is 591 g/mol. The van der Waals surface area contributed by atoms with Crippen LogP contribution in [0.4, 0.5) is 0 Å². The Morgan fingerprint density at radius 3 is 2.15 bits per heavy atom. The molecule has 2 N–H and O–H groups in total. The molecule has 3 nitrogen and oxygen atoms in total. The summed E-state index contributed by atoms with van der Waals surface area (Å²) in [6.07, 6.45) is 2.92. The largest absolute Gasteiger partial charge is 0.383 e. The number of hydrogen-bond acceptors (Lipinski definition) is 3. The van der Waals surface area contributed by atoms with E-state index in [1.807, 2.05) is 36.4 Å². The van der Waals surface area contributed by atoms with Gasteiger partial charge in [-0.2, -0.15) is 0 Å². The average molecular weight is 622 g/mol. The van der Waals surface area contributed by atoms with Crippen molar-refractivity contribution in [2.24, 2.45) is 10.7 Å².